The van der Waals surface area contributed by atoms with E-state index in [9.17, 15) is 27.2 Å². The SMILES string of the molecule is COc1cc(C(=O)NC2CCN(C)CC2F)ccc1Nc1ncc(C(F)(F)F)c(Oc2cccc3c2C(=O)N(C)C32CC2)n1. The summed E-state index contributed by atoms with van der Waals surface area (Å²) < 4.78 is 67.5. The van der Waals surface area contributed by atoms with Crippen molar-refractivity contribution >= 4 is 23.5 Å². The van der Waals surface area contributed by atoms with Gasteiger partial charge in [-0.1, -0.05) is 12.1 Å². The van der Waals surface area contributed by atoms with Gasteiger partial charge in [0.1, 0.15) is 23.2 Å². The number of carbonyl (C=O) groups excluding carboxylic acids is 2. The molecule has 2 aromatic carbocycles. The maximum atomic E-state index is 14.4. The molecule has 1 saturated heterocycles. The fraction of sp³-hybridized carbons (Fsp3) is 0.400. The monoisotopic (exact) mass is 614 g/mol. The van der Waals surface area contributed by atoms with Crippen LogP contribution in [0.4, 0.5) is 29.2 Å². The summed E-state index contributed by atoms with van der Waals surface area (Å²) in [5, 5.41) is 5.53. The first-order chi connectivity index (χ1) is 20.9. The number of rotatable bonds is 7. The Bertz CT molecular complexity index is 1630. The number of hydrogen-bond acceptors (Lipinski definition) is 8. The van der Waals surface area contributed by atoms with Gasteiger partial charge < -0.3 is 29.9 Å². The third kappa shape index (κ3) is 5.27. The first kappa shape index (κ1) is 29.6. The van der Waals surface area contributed by atoms with Gasteiger partial charge in [0.15, 0.2) is 0 Å². The molecule has 2 unspecified atom stereocenters. The van der Waals surface area contributed by atoms with Crippen molar-refractivity contribution in [2.45, 2.75) is 43.2 Å². The van der Waals surface area contributed by atoms with Crippen molar-refractivity contribution in [3.63, 3.8) is 0 Å². The van der Waals surface area contributed by atoms with Gasteiger partial charge in [0.05, 0.1) is 29.9 Å². The van der Waals surface area contributed by atoms with Crippen LogP contribution in [0, 0.1) is 0 Å². The topological polar surface area (TPSA) is 109 Å². The summed E-state index contributed by atoms with van der Waals surface area (Å²) in [5.74, 6) is -1.72. The quantitative estimate of drug-likeness (QED) is 0.363. The number of piperidine rings is 1. The van der Waals surface area contributed by atoms with E-state index < -0.39 is 41.3 Å². The number of nitrogens with zero attached hydrogens (tertiary/aromatic N) is 4. The lowest BCUT2D eigenvalue weighted by Gasteiger charge is -2.32. The van der Waals surface area contributed by atoms with E-state index in [0.717, 1.165) is 18.4 Å². The third-order valence-electron chi connectivity index (χ3n) is 8.45. The van der Waals surface area contributed by atoms with Crippen LogP contribution >= 0.6 is 0 Å². The fourth-order valence-corrected chi connectivity index (χ4v) is 5.82. The highest BCUT2D eigenvalue weighted by Gasteiger charge is 2.57. The number of hydrogen-bond donors (Lipinski definition) is 2. The molecule has 14 heteroatoms. The smallest absolute Gasteiger partial charge is 0.423 e. The molecule has 2 aliphatic heterocycles. The van der Waals surface area contributed by atoms with Gasteiger partial charge in [-0.15, -0.1) is 0 Å². The Labute approximate surface area is 250 Å². The van der Waals surface area contributed by atoms with Gasteiger partial charge in [-0.3, -0.25) is 9.59 Å². The molecule has 0 radical (unpaired) electrons. The molecule has 10 nitrogen and oxygen atoms in total. The number of benzene rings is 2. The number of likely N-dealkylation sites (tertiary alicyclic amines) is 1. The minimum absolute atomic E-state index is 0.0358. The molecule has 1 aliphatic carbocycles. The molecular formula is C30H30F4N6O4. The number of methoxy groups -OCH3 is 1. The second-order valence-corrected chi connectivity index (χ2v) is 11.3. The van der Waals surface area contributed by atoms with Gasteiger partial charge in [0.25, 0.3) is 11.8 Å². The van der Waals surface area contributed by atoms with Crippen molar-refractivity contribution in [1.82, 2.24) is 25.1 Å². The maximum absolute atomic E-state index is 14.4. The van der Waals surface area contributed by atoms with E-state index in [1.165, 1.54) is 31.4 Å². The Morgan fingerprint density at radius 2 is 1.91 bits per heavy atom. The minimum Gasteiger partial charge on any atom is -0.495 e. The van der Waals surface area contributed by atoms with Crippen LogP contribution in [-0.4, -0.2) is 78.1 Å². The molecule has 1 saturated carbocycles. The Morgan fingerprint density at radius 1 is 1.14 bits per heavy atom. The zero-order valence-corrected chi connectivity index (χ0v) is 24.2. The van der Waals surface area contributed by atoms with Crippen LogP contribution in [0.25, 0.3) is 0 Å². The van der Waals surface area contributed by atoms with E-state index in [-0.39, 0.29) is 46.7 Å². The van der Waals surface area contributed by atoms with E-state index in [2.05, 4.69) is 20.6 Å². The van der Waals surface area contributed by atoms with Crippen molar-refractivity contribution < 1.29 is 36.6 Å². The number of halogens is 4. The molecule has 2 atom stereocenters. The molecule has 3 heterocycles. The largest absolute Gasteiger partial charge is 0.495 e. The number of nitrogens with one attached hydrogen (secondary N) is 2. The Hall–Kier alpha value is -4.46. The van der Waals surface area contributed by atoms with Crippen molar-refractivity contribution in [2.24, 2.45) is 0 Å². The molecule has 0 bridgehead atoms. The zero-order chi connectivity index (χ0) is 31.4. The summed E-state index contributed by atoms with van der Waals surface area (Å²) in [6.07, 6.45) is -3.47. The van der Waals surface area contributed by atoms with Crippen molar-refractivity contribution in [2.75, 3.05) is 39.6 Å². The second-order valence-electron chi connectivity index (χ2n) is 11.3. The minimum atomic E-state index is -4.84. The fourth-order valence-electron chi connectivity index (χ4n) is 5.82. The van der Waals surface area contributed by atoms with Crippen LogP contribution in [0.3, 0.4) is 0 Å². The van der Waals surface area contributed by atoms with Crippen LogP contribution in [-0.2, 0) is 11.7 Å². The van der Waals surface area contributed by atoms with Crippen LogP contribution in [0.15, 0.2) is 42.6 Å². The molecule has 44 heavy (non-hydrogen) atoms. The van der Waals surface area contributed by atoms with Crippen LogP contribution < -0.4 is 20.1 Å². The highest BCUT2D eigenvalue weighted by Crippen LogP contribution is 2.57. The van der Waals surface area contributed by atoms with E-state index in [1.807, 2.05) is 11.9 Å². The molecule has 1 aromatic heterocycles. The van der Waals surface area contributed by atoms with Gasteiger partial charge >= 0.3 is 6.18 Å². The third-order valence-corrected chi connectivity index (χ3v) is 8.45. The molecule has 3 aromatic rings. The lowest BCUT2D eigenvalue weighted by molar-refractivity contribution is -0.139. The summed E-state index contributed by atoms with van der Waals surface area (Å²) in [7, 11) is 4.84. The average molecular weight is 615 g/mol. The zero-order valence-electron chi connectivity index (χ0n) is 24.2. The average Bonchev–Trinajstić information content (AvgIpc) is 3.76. The van der Waals surface area contributed by atoms with Crippen molar-refractivity contribution in [3.8, 4) is 17.4 Å². The molecule has 6 rings (SSSR count). The summed E-state index contributed by atoms with van der Waals surface area (Å²) in [6.45, 7) is 0.869. The summed E-state index contributed by atoms with van der Waals surface area (Å²) in [6, 6.07) is 8.59. The Morgan fingerprint density at radius 3 is 2.59 bits per heavy atom. The predicted molar refractivity (Wildman–Crippen MR) is 151 cm³/mol. The number of aromatic nitrogens is 2. The van der Waals surface area contributed by atoms with E-state index in [4.69, 9.17) is 9.47 Å². The van der Waals surface area contributed by atoms with Crippen molar-refractivity contribution in [3.05, 3.63) is 64.8 Å². The maximum Gasteiger partial charge on any atom is 0.423 e. The summed E-state index contributed by atoms with van der Waals surface area (Å²) >= 11 is 0. The van der Waals surface area contributed by atoms with Crippen LogP contribution in [0.2, 0.25) is 0 Å². The normalized spacial score (nSPS) is 20.8. The summed E-state index contributed by atoms with van der Waals surface area (Å²) in [4.78, 5) is 37.2. The number of fused-ring (bicyclic) bond motifs is 2. The number of ether oxygens (including phenoxy) is 2. The van der Waals surface area contributed by atoms with Gasteiger partial charge in [-0.05, 0) is 56.1 Å². The molecule has 2 fully saturated rings. The molecule has 2 amide bonds. The molecule has 232 valence electrons. The van der Waals surface area contributed by atoms with Crippen LogP contribution in [0.1, 0.15) is 51.1 Å². The van der Waals surface area contributed by atoms with Crippen LogP contribution in [0.5, 0.6) is 17.4 Å². The lowest BCUT2D eigenvalue weighted by Crippen LogP contribution is -2.51. The number of carbonyl (C=O) groups is 2. The highest BCUT2D eigenvalue weighted by atomic mass is 19.4. The molecule has 2 N–H and O–H groups in total. The van der Waals surface area contributed by atoms with Gasteiger partial charge in [-0.25, -0.2) is 9.37 Å². The van der Waals surface area contributed by atoms with Crippen molar-refractivity contribution in [1.29, 1.82) is 0 Å². The second kappa shape index (κ2) is 10.9. The molecule has 1 spiro atoms. The highest BCUT2D eigenvalue weighted by molar-refractivity contribution is 6.03. The summed E-state index contributed by atoms with van der Waals surface area (Å²) in [5.41, 5.74) is -0.280. The number of anilines is 2. The Kier molecular flexibility index (Phi) is 7.34. The molecule has 3 aliphatic rings. The van der Waals surface area contributed by atoms with E-state index in [0.29, 0.717) is 19.2 Å². The number of amides is 2. The van der Waals surface area contributed by atoms with E-state index in [1.54, 1.807) is 24.1 Å². The van der Waals surface area contributed by atoms with E-state index >= 15 is 0 Å². The standard InChI is InChI=1S/C30H30F4N6O4/c1-39-12-9-20(19(31)15-39)36-25(41)16-7-8-21(23(13-16)43-3)37-28-35-14-18(30(32,33)34)26(38-28)44-22-6-4-5-17-24(22)27(42)40(2)29(17)10-11-29/h4-8,13-14,19-20H,9-12,15H2,1-3H3,(H,36,41)(H,35,37,38). The van der Waals surface area contributed by atoms with Gasteiger partial charge in [0.2, 0.25) is 11.8 Å². The van der Waals surface area contributed by atoms with Gasteiger partial charge in [-0.2, -0.15) is 18.2 Å². The number of alkyl halides is 4. The Balaban J connectivity index is 1.26. The lowest BCUT2D eigenvalue weighted by atomic mass is 10.0. The van der Waals surface area contributed by atoms with Gasteiger partial charge in [0, 0.05) is 31.9 Å². The first-order valence-electron chi connectivity index (χ1n) is 14.0. The first-order valence-corrected chi connectivity index (χ1v) is 14.0. The molecular weight excluding hydrogens is 584 g/mol. The predicted octanol–water partition coefficient (Wildman–Crippen LogP) is 4.89.